The Morgan fingerprint density at radius 3 is 2.91 bits per heavy atom. The lowest BCUT2D eigenvalue weighted by Crippen LogP contribution is -2.21. The molecule has 2 aromatic rings. The molecule has 1 heterocycles. The second kappa shape index (κ2) is 6.85. The first-order chi connectivity index (χ1) is 10.6. The molecule has 0 aliphatic carbocycles. The minimum absolute atomic E-state index is 0.242. The molecular weight excluding hydrogens is 284 g/mol. The molecule has 0 aliphatic heterocycles. The monoisotopic (exact) mass is 296 g/mol. The van der Waals surface area contributed by atoms with E-state index in [4.69, 9.17) is 15.7 Å². The van der Waals surface area contributed by atoms with Crippen molar-refractivity contribution in [3.05, 3.63) is 53.9 Å². The predicted octanol–water partition coefficient (Wildman–Crippen LogP) is 1.07. The number of aromatic nitrogens is 1. The van der Waals surface area contributed by atoms with E-state index in [1.54, 1.807) is 18.2 Å². The Morgan fingerprint density at radius 2 is 2.18 bits per heavy atom. The molecule has 0 saturated carbocycles. The van der Waals surface area contributed by atoms with Crippen molar-refractivity contribution in [3.63, 3.8) is 0 Å². The van der Waals surface area contributed by atoms with Gasteiger partial charge in [-0.15, -0.1) is 0 Å². The van der Waals surface area contributed by atoms with Crippen molar-refractivity contribution in [3.8, 4) is 11.8 Å². The molecule has 110 valence electrons. The zero-order valence-corrected chi connectivity index (χ0v) is 11.4. The number of nitrogens with two attached hydrogens (primary N) is 1. The maximum absolute atomic E-state index is 11.8. The van der Waals surface area contributed by atoms with E-state index in [1.807, 2.05) is 6.07 Å². The van der Waals surface area contributed by atoms with Crippen molar-refractivity contribution in [2.45, 2.75) is 0 Å². The topological polar surface area (TPSA) is 118 Å². The van der Waals surface area contributed by atoms with E-state index in [0.29, 0.717) is 11.3 Å². The van der Waals surface area contributed by atoms with Crippen LogP contribution in [0.15, 0.2) is 42.7 Å². The lowest BCUT2D eigenvalue weighted by Gasteiger charge is -2.08. The molecule has 1 aromatic carbocycles. The molecular formula is C15H12N4O3. The highest BCUT2D eigenvalue weighted by Gasteiger charge is 2.08. The Kier molecular flexibility index (Phi) is 4.67. The van der Waals surface area contributed by atoms with Crippen LogP contribution < -0.4 is 15.8 Å². The first-order valence-corrected chi connectivity index (χ1v) is 6.27. The molecule has 0 aliphatic rings. The Morgan fingerprint density at radius 1 is 1.36 bits per heavy atom. The zero-order chi connectivity index (χ0) is 15.9. The van der Waals surface area contributed by atoms with Crippen LogP contribution in [0.3, 0.4) is 0 Å². The van der Waals surface area contributed by atoms with Crippen LogP contribution in [0, 0.1) is 11.3 Å². The molecule has 0 fully saturated rings. The molecule has 0 atom stereocenters. The number of rotatable bonds is 5. The molecule has 0 bridgehead atoms. The van der Waals surface area contributed by atoms with Gasteiger partial charge in [-0.1, -0.05) is 6.07 Å². The van der Waals surface area contributed by atoms with Crippen LogP contribution in [0.4, 0.5) is 5.69 Å². The number of amides is 2. The molecule has 0 saturated heterocycles. The smallest absolute Gasteiger partial charge is 0.262 e. The highest BCUT2D eigenvalue weighted by Crippen LogP contribution is 2.15. The fourth-order valence-corrected chi connectivity index (χ4v) is 1.68. The number of hydrogen-bond donors (Lipinski definition) is 2. The molecule has 0 spiro atoms. The quantitative estimate of drug-likeness (QED) is 0.855. The van der Waals surface area contributed by atoms with Gasteiger partial charge in [0.25, 0.3) is 5.91 Å². The van der Waals surface area contributed by atoms with E-state index in [2.05, 4.69) is 10.3 Å². The maximum atomic E-state index is 11.8. The van der Waals surface area contributed by atoms with Gasteiger partial charge in [0.15, 0.2) is 6.61 Å². The van der Waals surface area contributed by atoms with Gasteiger partial charge >= 0.3 is 0 Å². The lowest BCUT2D eigenvalue weighted by molar-refractivity contribution is -0.118. The SMILES string of the molecule is N#Cc1cnccc1OCC(=O)Nc1cccc(C(N)=O)c1. The Hall–Kier alpha value is -3.40. The first-order valence-electron chi connectivity index (χ1n) is 6.27. The highest BCUT2D eigenvalue weighted by molar-refractivity contribution is 5.96. The third-order valence-electron chi connectivity index (χ3n) is 2.69. The number of carbonyl (C=O) groups excluding carboxylic acids is 2. The molecule has 2 rings (SSSR count). The van der Waals surface area contributed by atoms with E-state index in [1.165, 1.54) is 24.5 Å². The summed E-state index contributed by atoms with van der Waals surface area (Å²) in [6.07, 6.45) is 2.81. The van der Waals surface area contributed by atoms with Crippen molar-refractivity contribution in [1.82, 2.24) is 4.98 Å². The van der Waals surface area contributed by atoms with Crippen LogP contribution in [0.25, 0.3) is 0 Å². The maximum Gasteiger partial charge on any atom is 0.262 e. The number of nitriles is 1. The number of ether oxygens (including phenoxy) is 1. The molecule has 2 amide bonds. The summed E-state index contributed by atoms with van der Waals surface area (Å²) in [7, 11) is 0. The summed E-state index contributed by atoms with van der Waals surface area (Å²) in [6.45, 7) is -0.278. The van der Waals surface area contributed by atoms with Gasteiger partial charge in [-0.25, -0.2) is 0 Å². The standard InChI is InChI=1S/C15H12N4O3/c16-7-11-8-18-5-4-13(11)22-9-14(20)19-12-3-1-2-10(6-12)15(17)21/h1-6,8H,9H2,(H2,17,21)(H,19,20). The van der Waals surface area contributed by atoms with Crippen LogP contribution in [0.2, 0.25) is 0 Å². The number of carbonyl (C=O) groups is 2. The average molecular weight is 296 g/mol. The summed E-state index contributed by atoms with van der Waals surface area (Å²) in [4.78, 5) is 26.7. The summed E-state index contributed by atoms with van der Waals surface area (Å²) in [5.41, 5.74) is 6.13. The summed E-state index contributed by atoms with van der Waals surface area (Å²) >= 11 is 0. The number of nitrogens with one attached hydrogen (secondary N) is 1. The third-order valence-corrected chi connectivity index (χ3v) is 2.69. The normalized spacial score (nSPS) is 9.59. The summed E-state index contributed by atoms with van der Waals surface area (Å²) in [6, 6.07) is 9.66. The molecule has 0 unspecified atom stereocenters. The predicted molar refractivity (Wildman–Crippen MR) is 78.0 cm³/mol. The number of benzene rings is 1. The Balaban J connectivity index is 1.98. The van der Waals surface area contributed by atoms with Crippen LogP contribution >= 0.6 is 0 Å². The van der Waals surface area contributed by atoms with Crippen molar-refractivity contribution in [2.24, 2.45) is 5.73 Å². The van der Waals surface area contributed by atoms with Crippen LogP contribution in [-0.4, -0.2) is 23.4 Å². The number of pyridine rings is 1. The zero-order valence-electron chi connectivity index (χ0n) is 11.4. The largest absolute Gasteiger partial charge is 0.482 e. The minimum atomic E-state index is -0.581. The van der Waals surface area contributed by atoms with Crippen LogP contribution in [0.1, 0.15) is 15.9 Å². The van der Waals surface area contributed by atoms with Crippen LogP contribution in [-0.2, 0) is 4.79 Å². The Bertz CT molecular complexity index is 752. The van der Waals surface area contributed by atoms with E-state index in [-0.39, 0.29) is 17.9 Å². The Labute approximate surface area is 126 Å². The molecule has 7 nitrogen and oxygen atoms in total. The van der Waals surface area contributed by atoms with E-state index >= 15 is 0 Å². The van der Waals surface area contributed by atoms with E-state index in [9.17, 15) is 9.59 Å². The van der Waals surface area contributed by atoms with Gasteiger partial charge in [0.1, 0.15) is 17.4 Å². The number of anilines is 1. The van der Waals surface area contributed by atoms with Crippen molar-refractivity contribution < 1.29 is 14.3 Å². The van der Waals surface area contributed by atoms with Gasteiger partial charge in [-0.2, -0.15) is 5.26 Å². The summed E-state index contributed by atoms with van der Waals surface area (Å²) < 4.78 is 5.27. The minimum Gasteiger partial charge on any atom is -0.482 e. The fraction of sp³-hybridized carbons (Fsp3) is 0.0667. The van der Waals surface area contributed by atoms with Gasteiger partial charge in [0, 0.05) is 23.6 Å². The third kappa shape index (κ3) is 3.80. The van der Waals surface area contributed by atoms with Gasteiger partial charge in [-0.05, 0) is 24.3 Å². The van der Waals surface area contributed by atoms with Gasteiger partial charge < -0.3 is 15.8 Å². The molecule has 22 heavy (non-hydrogen) atoms. The van der Waals surface area contributed by atoms with Gasteiger partial charge in [0.2, 0.25) is 5.91 Å². The van der Waals surface area contributed by atoms with Gasteiger partial charge in [-0.3, -0.25) is 14.6 Å². The second-order valence-electron chi connectivity index (χ2n) is 4.27. The van der Waals surface area contributed by atoms with E-state index in [0.717, 1.165) is 0 Å². The number of nitrogens with zero attached hydrogens (tertiary/aromatic N) is 2. The van der Waals surface area contributed by atoms with E-state index < -0.39 is 11.8 Å². The molecule has 1 aromatic heterocycles. The fourth-order valence-electron chi connectivity index (χ4n) is 1.68. The second-order valence-corrected chi connectivity index (χ2v) is 4.27. The van der Waals surface area contributed by atoms with Gasteiger partial charge in [0.05, 0.1) is 0 Å². The molecule has 0 radical (unpaired) electrons. The lowest BCUT2D eigenvalue weighted by atomic mass is 10.2. The highest BCUT2D eigenvalue weighted by atomic mass is 16.5. The summed E-state index contributed by atoms with van der Waals surface area (Å²) in [5.74, 6) is -0.733. The van der Waals surface area contributed by atoms with Crippen molar-refractivity contribution in [2.75, 3.05) is 11.9 Å². The van der Waals surface area contributed by atoms with Crippen molar-refractivity contribution in [1.29, 1.82) is 5.26 Å². The number of hydrogen-bond acceptors (Lipinski definition) is 5. The average Bonchev–Trinajstić information content (AvgIpc) is 2.53. The molecule has 7 heteroatoms. The summed E-state index contributed by atoms with van der Waals surface area (Å²) in [5, 5.41) is 11.5. The first kappa shape index (κ1) is 15.0. The van der Waals surface area contributed by atoms with Crippen molar-refractivity contribution >= 4 is 17.5 Å². The van der Waals surface area contributed by atoms with Crippen LogP contribution in [0.5, 0.6) is 5.75 Å². The number of primary amides is 1. The molecule has 3 N–H and O–H groups in total.